The SMILES string of the molecule is OCCC1COC(Cc2cccs2)O1. The van der Waals surface area contributed by atoms with Crippen molar-refractivity contribution in [2.45, 2.75) is 25.2 Å². The monoisotopic (exact) mass is 214 g/mol. The molecule has 1 aliphatic heterocycles. The summed E-state index contributed by atoms with van der Waals surface area (Å²) < 4.78 is 11.1. The Hall–Kier alpha value is -0.420. The predicted molar refractivity (Wildman–Crippen MR) is 54.3 cm³/mol. The number of aliphatic hydroxyl groups excluding tert-OH is 1. The van der Waals surface area contributed by atoms with Crippen LogP contribution in [0.5, 0.6) is 0 Å². The molecular weight excluding hydrogens is 200 g/mol. The molecule has 1 aliphatic rings. The second-order valence-corrected chi connectivity index (χ2v) is 4.35. The second kappa shape index (κ2) is 4.89. The van der Waals surface area contributed by atoms with Gasteiger partial charge in [-0.15, -0.1) is 11.3 Å². The van der Waals surface area contributed by atoms with E-state index in [1.807, 2.05) is 6.07 Å². The smallest absolute Gasteiger partial charge is 0.162 e. The van der Waals surface area contributed by atoms with E-state index in [-0.39, 0.29) is 19.0 Å². The molecule has 3 nitrogen and oxygen atoms in total. The summed E-state index contributed by atoms with van der Waals surface area (Å²) in [6, 6.07) is 4.11. The summed E-state index contributed by atoms with van der Waals surface area (Å²) in [5, 5.41) is 10.8. The minimum Gasteiger partial charge on any atom is -0.396 e. The quantitative estimate of drug-likeness (QED) is 0.823. The molecule has 0 spiro atoms. The normalized spacial score (nSPS) is 26.9. The summed E-state index contributed by atoms with van der Waals surface area (Å²) >= 11 is 1.71. The first-order valence-corrected chi connectivity index (χ1v) is 5.67. The van der Waals surface area contributed by atoms with E-state index >= 15 is 0 Å². The molecule has 0 bridgehead atoms. The van der Waals surface area contributed by atoms with Crippen LogP contribution in [0.1, 0.15) is 11.3 Å². The Morgan fingerprint density at radius 3 is 3.21 bits per heavy atom. The lowest BCUT2D eigenvalue weighted by Gasteiger charge is -2.09. The van der Waals surface area contributed by atoms with Gasteiger partial charge in [0.1, 0.15) is 0 Å². The lowest BCUT2D eigenvalue weighted by molar-refractivity contribution is -0.0578. The Morgan fingerprint density at radius 1 is 1.57 bits per heavy atom. The van der Waals surface area contributed by atoms with Crippen LogP contribution >= 0.6 is 11.3 Å². The molecule has 1 aromatic heterocycles. The van der Waals surface area contributed by atoms with Gasteiger partial charge >= 0.3 is 0 Å². The molecule has 2 heterocycles. The van der Waals surface area contributed by atoms with Gasteiger partial charge in [0.25, 0.3) is 0 Å². The molecule has 0 radical (unpaired) electrons. The van der Waals surface area contributed by atoms with Gasteiger partial charge in [0.2, 0.25) is 0 Å². The Balaban J connectivity index is 1.79. The van der Waals surface area contributed by atoms with Crippen LogP contribution in [-0.4, -0.2) is 30.7 Å². The molecule has 78 valence electrons. The van der Waals surface area contributed by atoms with Gasteiger partial charge in [-0.1, -0.05) is 6.07 Å². The third-order valence-corrected chi connectivity index (χ3v) is 3.11. The van der Waals surface area contributed by atoms with Gasteiger partial charge in [0.15, 0.2) is 6.29 Å². The largest absolute Gasteiger partial charge is 0.396 e. The number of hydrogen-bond acceptors (Lipinski definition) is 4. The third-order valence-electron chi connectivity index (χ3n) is 2.21. The van der Waals surface area contributed by atoms with E-state index in [4.69, 9.17) is 14.6 Å². The molecule has 2 rings (SSSR count). The zero-order chi connectivity index (χ0) is 9.80. The highest BCUT2D eigenvalue weighted by molar-refractivity contribution is 7.09. The summed E-state index contributed by atoms with van der Waals surface area (Å²) in [6.07, 6.45) is 1.44. The Bertz CT molecular complexity index is 260. The molecule has 0 aromatic carbocycles. The summed E-state index contributed by atoms with van der Waals surface area (Å²) in [5.74, 6) is 0. The standard InChI is InChI=1S/C10H14O3S/c11-4-3-8-7-12-10(13-8)6-9-2-1-5-14-9/h1-2,5,8,10-11H,3-4,6-7H2. The minimum absolute atomic E-state index is 0.0740. The molecule has 0 aliphatic carbocycles. The fraction of sp³-hybridized carbons (Fsp3) is 0.600. The molecule has 14 heavy (non-hydrogen) atoms. The highest BCUT2D eigenvalue weighted by Gasteiger charge is 2.25. The van der Waals surface area contributed by atoms with Gasteiger partial charge in [0.05, 0.1) is 12.7 Å². The van der Waals surface area contributed by atoms with Crippen molar-refractivity contribution in [3.8, 4) is 0 Å². The fourth-order valence-electron chi connectivity index (χ4n) is 1.50. The zero-order valence-corrected chi connectivity index (χ0v) is 8.70. The van der Waals surface area contributed by atoms with Crippen molar-refractivity contribution in [3.63, 3.8) is 0 Å². The van der Waals surface area contributed by atoms with E-state index in [1.54, 1.807) is 11.3 Å². The van der Waals surface area contributed by atoms with Crippen LogP contribution in [0.2, 0.25) is 0 Å². The van der Waals surface area contributed by atoms with E-state index in [0.29, 0.717) is 13.0 Å². The van der Waals surface area contributed by atoms with Gasteiger partial charge in [-0.05, 0) is 17.9 Å². The number of aliphatic hydroxyl groups is 1. The predicted octanol–water partition coefficient (Wildman–Crippen LogP) is 1.41. The first-order chi connectivity index (χ1) is 6.88. The van der Waals surface area contributed by atoms with Crippen LogP contribution in [0.15, 0.2) is 17.5 Å². The minimum atomic E-state index is -0.120. The summed E-state index contributed by atoms with van der Waals surface area (Å²) in [7, 11) is 0. The van der Waals surface area contributed by atoms with E-state index in [9.17, 15) is 0 Å². The number of hydrogen-bond donors (Lipinski definition) is 1. The first-order valence-electron chi connectivity index (χ1n) is 4.79. The van der Waals surface area contributed by atoms with Crippen molar-refractivity contribution in [1.82, 2.24) is 0 Å². The first kappa shape index (κ1) is 10.1. The third kappa shape index (κ3) is 2.54. The number of rotatable bonds is 4. The molecular formula is C10H14O3S. The van der Waals surface area contributed by atoms with Crippen molar-refractivity contribution >= 4 is 11.3 Å². The van der Waals surface area contributed by atoms with Gasteiger partial charge in [-0.3, -0.25) is 0 Å². The van der Waals surface area contributed by atoms with Crippen molar-refractivity contribution in [2.75, 3.05) is 13.2 Å². The molecule has 2 unspecified atom stereocenters. The average molecular weight is 214 g/mol. The fourth-order valence-corrected chi connectivity index (χ4v) is 2.22. The summed E-state index contributed by atoms with van der Waals surface area (Å²) in [5.41, 5.74) is 0. The maximum atomic E-state index is 8.74. The van der Waals surface area contributed by atoms with Crippen LogP contribution in [0.25, 0.3) is 0 Å². The molecule has 1 saturated heterocycles. The number of thiophene rings is 1. The van der Waals surface area contributed by atoms with E-state index in [1.165, 1.54) is 4.88 Å². The average Bonchev–Trinajstić information content (AvgIpc) is 2.79. The molecule has 2 atom stereocenters. The summed E-state index contributed by atoms with van der Waals surface area (Å²) in [4.78, 5) is 1.28. The van der Waals surface area contributed by atoms with Gasteiger partial charge in [-0.25, -0.2) is 0 Å². The molecule has 1 aromatic rings. The van der Waals surface area contributed by atoms with Crippen LogP contribution < -0.4 is 0 Å². The Kier molecular flexibility index (Phi) is 3.53. The molecule has 1 N–H and O–H groups in total. The highest BCUT2D eigenvalue weighted by Crippen LogP contribution is 2.20. The van der Waals surface area contributed by atoms with Crippen molar-refractivity contribution in [1.29, 1.82) is 0 Å². The van der Waals surface area contributed by atoms with Crippen LogP contribution in [0, 0.1) is 0 Å². The highest BCUT2D eigenvalue weighted by atomic mass is 32.1. The molecule has 4 heteroatoms. The Labute approximate surface area is 87.3 Å². The molecule has 0 saturated carbocycles. The van der Waals surface area contributed by atoms with Crippen molar-refractivity contribution in [3.05, 3.63) is 22.4 Å². The van der Waals surface area contributed by atoms with Gasteiger partial charge < -0.3 is 14.6 Å². The van der Waals surface area contributed by atoms with Crippen LogP contribution in [0.3, 0.4) is 0 Å². The van der Waals surface area contributed by atoms with Crippen LogP contribution in [0.4, 0.5) is 0 Å². The van der Waals surface area contributed by atoms with Gasteiger partial charge in [-0.2, -0.15) is 0 Å². The van der Waals surface area contributed by atoms with E-state index < -0.39 is 0 Å². The molecule has 1 fully saturated rings. The topological polar surface area (TPSA) is 38.7 Å². The Morgan fingerprint density at radius 2 is 2.50 bits per heavy atom. The van der Waals surface area contributed by atoms with Crippen molar-refractivity contribution in [2.24, 2.45) is 0 Å². The summed E-state index contributed by atoms with van der Waals surface area (Å²) in [6.45, 7) is 0.774. The lowest BCUT2D eigenvalue weighted by atomic mass is 10.3. The maximum absolute atomic E-state index is 8.74. The van der Waals surface area contributed by atoms with Crippen LogP contribution in [-0.2, 0) is 15.9 Å². The second-order valence-electron chi connectivity index (χ2n) is 3.32. The van der Waals surface area contributed by atoms with E-state index in [2.05, 4.69) is 11.4 Å². The maximum Gasteiger partial charge on any atom is 0.162 e. The van der Waals surface area contributed by atoms with E-state index in [0.717, 1.165) is 6.42 Å². The van der Waals surface area contributed by atoms with Crippen molar-refractivity contribution < 1.29 is 14.6 Å². The van der Waals surface area contributed by atoms with Gasteiger partial charge in [0, 0.05) is 17.9 Å². The molecule has 0 amide bonds. The lowest BCUT2D eigenvalue weighted by Crippen LogP contribution is -2.15. The zero-order valence-electron chi connectivity index (χ0n) is 7.89. The number of ether oxygens (including phenoxy) is 2.